The van der Waals surface area contributed by atoms with Crippen molar-refractivity contribution in [1.82, 2.24) is 15.2 Å². The van der Waals surface area contributed by atoms with Crippen molar-refractivity contribution in [1.29, 1.82) is 0 Å². The van der Waals surface area contributed by atoms with E-state index in [1.807, 2.05) is 6.07 Å². The molecule has 1 atom stereocenters. The molecule has 1 aliphatic heterocycles. The van der Waals surface area contributed by atoms with E-state index in [0.29, 0.717) is 24.2 Å². The summed E-state index contributed by atoms with van der Waals surface area (Å²) >= 11 is 6.07. The minimum atomic E-state index is -4.78. The van der Waals surface area contributed by atoms with Crippen LogP contribution in [0.5, 0.6) is 0 Å². The van der Waals surface area contributed by atoms with Gasteiger partial charge in [0.1, 0.15) is 11.4 Å². The Labute approximate surface area is 218 Å². The molecule has 0 radical (unpaired) electrons. The summed E-state index contributed by atoms with van der Waals surface area (Å²) in [6.07, 6.45) is 1.38. The average Bonchev–Trinajstić information content (AvgIpc) is 2.83. The van der Waals surface area contributed by atoms with E-state index in [4.69, 9.17) is 11.6 Å². The molecule has 0 unspecified atom stereocenters. The number of hydrogen-bond donors (Lipinski definition) is 1. The fourth-order valence-electron chi connectivity index (χ4n) is 4.76. The molecule has 1 N–H and O–H groups in total. The van der Waals surface area contributed by atoms with Gasteiger partial charge in [0.15, 0.2) is 0 Å². The fourth-order valence-corrected chi connectivity index (χ4v) is 4.87. The van der Waals surface area contributed by atoms with E-state index < -0.39 is 29.1 Å². The van der Waals surface area contributed by atoms with Crippen LogP contribution < -0.4 is 5.32 Å². The third-order valence-corrected chi connectivity index (χ3v) is 6.88. The molecule has 4 rings (SSSR count). The number of rotatable bonds is 5. The highest BCUT2D eigenvalue weighted by Gasteiger charge is 2.41. The van der Waals surface area contributed by atoms with Crippen LogP contribution >= 0.6 is 11.6 Å². The molecule has 0 spiro atoms. The second-order valence-electron chi connectivity index (χ2n) is 9.34. The molecule has 0 saturated carbocycles. The van der Waals surface area contributed by atoms with Crippen molar-refractivity contribution in [3.63, 3.8) is 0 Å². The summed E-state index contributed by atoms with van der Waals surface area (Å²) in [6.45, 7) is 1.05. The number of aromatic nitrogens is 1. The van der Waals surface area contributed by atoms with Crippen molar-refractivity contribution >= 4 is 17.6 Å². The van der Waals surface area contributed by atoms with Gasteiger partial charge in [0, 0.05) is 25.7 Å². The Morgan fingerprint density at radius 3 is 2.19 bits per heavy atom. The number of nitrogens with zero attached hydrogens (tertiary/aromatic N) is 2. The number of urea groups is 1. The van der Waals surface area contributed by atoms with Gasteiger partial charge in [-0.2, -0.15) is 13.2 Å². The largest absolute Gasteiger partial charge is 0.416 e. The summed E-state index contributed by atoms with van der Waals surface area (Å²) in [5.41, 5.74) is -1.83. The van der Waals surface area contributed by atoms with Gasteiger partial charge in [-0.25, -0.2) is 9.18 Å². The minimum absolute atomic E-state index is 0.0444. The molecule has 196 valence electrons. The zero-order valence-corrected chi connectivity index (χ0v) is 21.0. The van der Waals surface area contributed by atoms with E-state index in [0.717, 1.165) is 49.8 Å². The summed E-state index contributed by atoms with van der Waals surface area (Å²) < 4.78 is 56.0. The van der Waals surface area contributed by atoms with Gasteiger partial charge in [-0.1, -0.05) is 61.2 Å². The first-order chi connectivity index (χ1) is 17.7. The first-order valence-electron chi connectivity index (χ1n) is 12.3. The van der Waals surface area contributed by atoms with E-state index in [2.05, 4.69) is 10.3 Å². The molecule has 9 heteroatoms. The van der Waals surface area contributed by atoms with Crippen LogP contribution in [0.3, 0.4) is 0 Å². The maximum atomic E-state index is 14.7. The van der Waals surface area contributed by atoms with Crippen LogP contribution in [0.1, 0.15) is 54.5 Å². The highest BCUT2D eigenvalue weighted by molar-refractivity contribution is 6.30. The first kappa shape index (κ1) is 26.9. The molecule has 1 aromatic heterocycles. The quantitative estimate of drug-likeness (QED) is 0.348. The lowest BCUT2D eigenvalue weighted by Gasteiger charge is -2.38. The van der Waals surface area contributed by atoms with Crippen LogP contribution in [0.2, 0.25) is 5.02 Å². The average molecular weight is 534 g/mol. The Balaban J connectivity index is 1.89. The molecule has 4 nitrogen and oxygen atoms in total. The number of halogens is 5. The summed E-state index contributed by atoms with van der Waals surface area (Å²) in [4.78, 5) is 19.8. The molecule has 1 aliphatic rings. The lowest BCUT2D eigenvalue weighted by molar-refractivity contribution is -0.137. The molecule has 2 aromatic carbocycles. The number of alkyl halides is 3. The van der Waals surface area contributed by atoms with Crippen LogP contribution in [-0.4, -0.2) is 29.0 Å². The van der Waals surface area contributed by atoms with Crippen molar-refractivity contribution in [3.05, 3.63) is 100 Å². The van der Waals surface area contributed by atoms with Crippen molar-refractivity contribution in [3.8, 4) is 0 Å². The monoisotopic (exact) mass is 533 g/mol. The van der Waals surface area contributed by atoms with Gasteiger partial charge in [-0.15, -0.1) is 0 Å². The molecule has 2 heterocycles. The summed E-state index contributed by atoms with van der Waals surface area (Å²) in [5, 5.41) is 3.32. The first-order valence-corrected chi connectivity index (χ1v) is 12.7. The minimum Gasteiger partial charge on any atom is -0.325 e. The van der Waals surface area contributed by atoms with Gasteiger partial charge in [0.2, 0.25) is 0 Å². The number of likely N-dealkylation sites (tertiary alicyclic amines) is 1. The SMILES string of the molecule is O=C(N[C@@](Cc1ccccc1)(c1cc(F)cc(C(F)(F)F)c1)c1ccc(Cl)cn1)N1CCCCCCC1. The lowest BCUT2D eigenvalue weighted by atomic mass is 9.79. The van der Waals surface area contributed by atoms with Crippen molar-refractivity contribution in [2.24, 2.45) is 0 Å². The van der Waals surface area contributed by atoms with E-state index in [9.17, 15) is 22.4 Å². The molecular weight excluding hydrogens is 506 g/mol. The number of pyridine rings is 1. The van der Waals surface area contributed by atoms with Gasteiger partial charge < -0.3 is 10.2 Å². The molecule has 37 heavy (non-hydrogen) atoms. The zero-order chi connectivity index (χ0) is 26.5. The van der Waals surface area contributed by atoms with Gasteiger partial charge in [0.05, 0.1) is 16.3 Å². The van der Waals surface area contributed by atoms with Gasteiger partial charge >= 0.3 is 12.2 Å². The van der Waals surface area contributed by atoms with Crippen LogP contribution in [0, 0.1) is 5.82 Å². The Morgan fingerprint density at radius 2 is 1.57 bits per heavy atom. The van der Waals surface area contributed by atoms with E-state index in [-0.39, 0.29) is 17.7 Å². The molecule has 2 amide bonds. The van der Waals surface area contributed by atoms with E-state index in [1.165, 1.54) is 6.20 Å². The highest BCUT2D eigenvalue weighted by atomic mass is 35.5. The van der Waals surface area contributed by atoms with Crippen molar-refractivity contribution < 1.29 is 22.4 Å². The van der Waals surface area contributed by atoms with Crippen LogP contribution in [-0.2, 0) is 18.1 Å². The molecular formula is C28H28ClF4N3O. The number of carbonyl (C=O) groups excluding carboxylic acids is 1. The molecule has 1 saturated heterocycles. The van der Waals surface area contributed by atoms with Crippen molar-refractivity contribution in [2.75, 3.05) is 13.1 Å². The second kappa shape index (κ2) is 11.5. The molecule has 0 aliphatic carbocycles. The number of nitrogens with one attached hydrogen (secondary N) is 1. The lowest BCUT2D eigenvalue weighted by Crippen LogP contribution is -2.54. The smallest absolute Gasteiger partial charge is 0.325 e. The highest BCUT2D eigenvalue weighted by Crippen LogP contribution is 2.38. The Hall–Kier alpha value is -3.13. The third kappa shape index (κ3) is 6.60. The Kier molecular flexibility index (Phi) is 8.37. The second-order valence-corrected chi connectivity index (χ2v) is 9.78. The normalized spacial score (nSPS) is 16.4. The summed E-state index contributed by atoms with van der Waals surface area (Å²) in [5.74, 6) is -1.06. The topological polar surface area (TPSA) is 45.2 Å². The maximum Gasteiger partial charge on any atom is 0.416 e. The van der Waals surface area contributed by atoms with E-state index >= 15 is 0 Å². The predicted octanol–water partition coefficient (Wildman–Crippen LogP) is 7.35. The Bertz CT molecular complexity index is 1200. The van der Waals surface area contributed by atoms with E-state index in [1.54, 1.807) is 41.3 Å². The maximum absolute atomic E-state index is 14.7. The van der Waals surface area contributed by atoms with Gasteiger partial charge in [0.25, 0.3) is 0 Å². The van der Waals surface area contributed by atoms with Gasteiger partial charge in [-0.3, -0.25) is 4.98 Å². The van der Waals surface area contributed by atoms with Crippen LogP contribution in [0.25, 0.3) is 0 Å². The number of amides is 2. The zero-order valence-electron chi connectivity index (χ0n) is 20.2. The van der Waals surface area contributed by atoms with Crippen LogP contribution in [0.15, 0.2) is 66.9 Å². The van der Waals surface area contributed by atoms with Crippen molar-refractivity contribution in [2.45, 2.75) is 50.2 Å². The summed E-state index contributed by atoms with van der Waals surface area (Å²) in [7, 11) is 0. The molecule has 1 fully saturated rings. The third-order valence-electron chi connectivity index (χ3n) is 6.66. The number of hydrogen-bond acceptors (Lipinski definition) is 2. The predicted molar refractivity (Wildman–Crippen MR) is 135 cm³/mol. The standard InChI is InChI=1S/C28H28ClF4N3O/c29-23-11-12-25(34-19-23)27(18-20-9-5-4-6-10-20,21-15-22(28(31,32)33)17-24(30)16-21)35-26(37)36-13-7-2-1-3-8-14-36/h4-6,9-12,15-17,19H,1-3,7-8,13-14,18H2,(H,35,37)/t27-/m0/s1. The van der Waals surface area contributed by atoms with Crippen LogP contribution in [0.4, 0.5) is 22.4 Å². The summed E-state index contributed by atoms with van der Waals surface area (Å²) in [6, 6.07) is 14.0. The number of benzene rings is 2. The Morgan fingerprint density at radius 1 is 0.919 bits per heavy atom. The fraction of sp³-hybridized carbons (Fsp3) is 0.357. The molecule has 0 bridgehead atoms. The molecule has 3 aromatic rings. The van der Waals surface area contributed by atoms with Gasteiger partial charge in [-0.05, 0) is 54.3 Å². The number of carbonyl (C=O) groups is 1.